The Bertz CT molecular complexity index is 311. The molecule has 0 saturated carbocycles. The van der Waals surface area contributed by atoms with E-state index in [1.54, 1.807) is 6.20 Å². The Labute approximate surface area is 80.4 Å². The highest BCUT2D eigenvalue weighted by Gasteiger charge is 2.39. The first-order chi connectivity index (χ1) is 6.23. The predicted molar refractivity (Wildman–Crippen MR) is 50.5 cm³/mol. The van der Waals surface area contributed by atoms with Gasteiger partial charge in [0.2, 0.25) is 5.91 Å². The Kier molecular flexibility index (Phi) is 2.05. The van der Waals surface area contributed by atoms with Crippen LogP contribution in [-0.2, 0) is 10.3 Å². The third-order valence-corrected chi connectivity index (χ3v) is 3.20. The molecule has 2 N–H and O–H groups in total. The summed E-state index contributed by atoms with van der Waals surface area (Å²) in [6.45, 7) is 3.35. The molecular weight excluding hydrogens is 186 g/mol. The molecule has 4 nitrogen and oxygen atoms in total. The van der Waals surface area contributed by atoms with Crippen LogP contribution in [0.5, 0.6) is 0 Å². The first-order valence-electron chi connectivity index (χ1n) is 4.17. The molecule has 1 aliphatic heterocycles. The molecule has 1 fully saturated rings. The molecule has 1 atom stereocenters. The molecule has 0 bridgehead atoms. The summed E-state index contributed by atoms with van der Waals surface area (Å²) in [5, 5.41) is 8.71. The van der Waals surface area contributed by atoms with Gasteiger partial charge in [0.25, 0.3) is 0 Å². The van der Waals surface area contributed by atoms with Crippen molar-refractivity contribution < 1.29 is 4.79 Å². The van der Waals surface area contributed by atoms with Crippen molar-refractivity contribution >= 4 is 17.2 Å². The fourth-order valence-corrected chi connectivity index (χ4v) is 2.16. The number of piperazine rings is 1. The van der Waals surface area contributed by atoms with Gasteiger partial charge in [0.15, 0.2) is 0 Å². The van der Waals surface area contributed by atoms with Crippen LogP contribution in [0.25, 0.3) is 0 Å². The summed E-state index contributed by atoms with van der Waals surface area (Å²) in [6.07, 6.45) is 1.72. The van der Waals surface area contributed by atoms with Gasteiger partial charge in [0.05, 0.1) is 0 Å². The molecule has 5 heteroatoms. The fraction of sp³-hybridized carbons (Fsp3) is 0.500. The van der Waals surface area contributed by atoms with Crippen LogP contribution < -0.4 is 10.6 Å². The zero-order chi connectivity index (χ0) is 9.31. The maximum absolute atomic E-state index is 11.6. The average Bonchev–Trinajstić information content (AvgIpc) is 2.63. The third-order valence-electron chi connectivity index (χ3n) is 2.20. The van der Waals surface area contributed by atoms with Gasteiger partial charge in [-0.05, 0) is 6.92 Å². The molecular formula is C8H11N3OS. The minimum absolute atomic E-state index is 0.00806. The van der Waals surface area contributed by atoms with Crippen LogP contribution in [-0.4, -0.2) is 24.0 Å². The normalized spacial score (nSPS) is 28.5. The highest BCUT2D eigenvalue weighted by molar-refractivity contribution is 7.09. The van der Waals surface area contributed by atoms with Gasteiger partial charge in [-0.25, -0.2) is 4.98 Å². The molecule has 0 spiro atoms. The topological polar surface area (TPSA) is 54.0 Å². The number of rotatable bonds is 1. The van der Waals surface area contributed by atoms with E-state index in [9.17, 15) is 4.79 Å². The van der Waals surface area contributed by atoms with E-state index in [4.69, 9.17) is 0 Å². The first kappa shape index (κ1) is 8.65. The largest absolute Gasteiger partial charge is 0.353 e. The minimum atomic E-state index is -0.633. The van der Waals surface area contributed by atoms with Crippen LogP contribution in [0, 0.1) is 0 Å². The van der Waals surface area contributed by atoms with Gasteiger partial charge in [-0.1, -0.05) is 0 Å². The number of hydrogen-bond donors (Lipinski definition) is 2. The van der Waals surface area contributed by atoms with Crippen molar-refractivity contribution in [3.63, 3.8) is 0 Å². The van der Waals surface area contributed by atoms with Crippen molar-refractivity contribution in [2.75, 3.05) is 13.1 Å². The standard InChI is InChI=1S/C8H11N3OS/c1-8(7-10-4-5-13-7)6(12)9-2-3-11-8/h4-5,11H,2-3H2,1H3,(H,9,12). The summed E-state index contributed by atoms with van der Waals surface area (Å²) in [5.74, 6) is 0.00806. The summed E-state index contributed by atoms with van der Waals surface area (Å²) >= 11 is 1.50. The lowest BCUT2D eigenvalue weighted by Gasteiger charge is -2.31. The van der Waals surface area contributed by atoms with E-state index in [2.05, 4.69) is 15.6 Å². The Hall–Kier alpha value is -0.940. The quantitative estimate of drug-likeness (QED) is 0.670. The van der Waals surface area contributed by atoms with Crippen LogP contribution >= 0.6 is 11.3 Å². The van der Waals surface area contributed by atoms with E-state index in [0.717, 1.165) is 11.6 Å². The molecule has 13 heavy (non-hydrogen) atoms. The van der Waals surface area contributed by atoms with Gasteiger partial charge in [-0.2, -0.15) is 0 Å². The van der Waals surface area contributed by atoms with Crippen molar-refractivity contribution in [2.24, 2.45) is 0 Å². The smallest absolute Gasteiger partial charge is 0.247 e. The van der Waals surface area contributed by atoms with Gasteiger partial charge >= 0.3 is 0 Å². The number of thiazole rings is 1. The Balaban J connectivity index is 2.33. The molecule has 1 aliphatic rings. The van der Waals surface area contributed by atoms with Crippen molar-refractivity contribution in [1.82, 2.24) is 15.6 Å². The molecule has 1 saturated heterocycles. The monoisotopic (exact) mass is 197 g/mol. The third kappa shape index (κ3) is 1.34. The Morgan fingerprint density at radius 1 is 1.62 bits per heavy atom. The van der Waals surface area contributed by atoms with E-state index in [1.165, 1.54) is 11.3 Å². The lowest BCUT2D eigenvalue weighted by atomic mass is 10.0. The summed E-state index contributed by atoms with van der Waals surface area (Å²) in [6, 6.07) is 0. The van der Waals surface area contributed by atoms with Gasteiger partial charge in [-0.15, -0.1) is 11.3 Å². The van der Waals surface area contributed by atoms with Gasteiger partial charge in [-0.3, -0.25) is 10.1 Å². The van der Waals surface area contributed by atoms with Gasteiger partial charge in [0, 0.05) is 24.7 Å². The fourth-order valence-electron chi connectivity index (χ4n) is 1.39. The maximum Gasteiger partial charge on any atom is 0.247 e. The molecule has 0 aliphatic carbocycles. The highest BCUT2D eigenvalue weighted by Crippen LogP contribution is 2.23. The number of carbonyl (C=O) groups is 1. The SMILES string of the molecule is CC1(c2nccs2)NCCNC1=O. The Morgan fingerprint density at radius 3 is 3.08 bits per heavy atom. The van der Waals surface area contributed by atoms with E-state index >= 15 is 0 Å². The summed E-state index contributed by atoms with van der Waals surface area (Å²) in [4.78, 5) is 15.8. The van der Waals surface area contributed by atoms with Crippen LogP contribution in [0.1, 0.15) is 11.9 Å². The van der Waals surface area contributed by atoms with Crippen LogP contribution in [0.2, 0.25) is 0 Å². The maximum atomic E-state index is 11.6. The molecule has 0 aromatic carbocycles. The van der Waals surface area contributed by atoms with E-state index in [0.29, 0.717) is 6.54 Å². The van der Waals surface area contributed by atoms with Crippen molar-refractivity contribution in [1.29, 1.82) is 0 Å². The molecule has 70 valence electrons. The van der Waals surface area contributed by atoms with Crippen LogP contribution in [0.4, 0.5) is 0 Å². The lowest BCUT2D eigenvalue weighted by molar-refractivity contribution is -0.128. The molecule has 2 heterocycles. The summed E-state index contributed by atoms with van der Waals surface area (Å²) in [5.41, 5.74) is -0.633. The molecule has 1 aromatic rings. The van der Waals surface area contributed by atoms with Crippen molar-refractivity contribution in [3.05, 3.63) is 16.6 Å². The molecule has 0 radical (unpaired) electrons. The van der Waals surface area contributed by atoms with E-state index < -0.39 is 5.54 Å². The minimum Gasteiger partial charge on any atom is -0.353 e. The summed E-state index contributed by atoms with van der Waals surface area (Å²) in [7, 11) is 0. The highest BCUT2D eigenvalue weighted by atomic mass is 32.1. The number of aromatic nitrogens is 1. The van der Waals surface area contributed by atoms with Crippen LogP contribution in [0.3, 0.4) is 0 Å². The average molecular weight is 197 g/mol. The number of nitrogens with zero attached hydrogens (tertiary/aromatic N) is 1. The number of nitrogens with one attached hydrogen (secondary N) is 2. The van der Waals surface area contributed by atoms with E-state index in [1.807, 2.05) is 12.3 Å². The zero-order valence-electron chi connectivity index (χ0n) is 7.33. The predicted octanol–water partition coefficient (Wildman–Crippen LogP) is 0.0777. The van der Waals surface area contributed by atoms with Crippen LogP contribution in [0.15, 0.2) is 11.6 Å². The van der Waals surface area contributed by atoms with E-state index in [-0.39, 0.29) is 5.91 Å². The second-order valence-corrected chi connectivity index (χ2v) is 4.04. The van der Waals surface area contributed by atoms with Crippen molar-refractivity contribution in [3.8, 4) is 0 Å². The number of amides is 1. The molecule has 1 amide bonds. The molecule has 1 aromatic heterocycles. The first-order valence-corrected chi connectivity index (χ1v) is 5.05. The van der Waals surface area contributed by atoms with Crippen molar-refractivity contribution in [2.45, 2.75) is 12.5 Å². The second kappa shape index (κ2) is 3.08. The molecule has 1 unspecified atom stereocenters. The number of carbonyl (C=O) groups excluding carboxylic acids is 1. The van der Waals surface area contributed by atoms with Gasteiger partial charge in [0.1, 0.15) is 10.5 Å². The zero-order valence-corrected chi connectivity index (χ0v) is 8.15. The number of hydrogen-bond acceptors (Lipinski definition) is 4. The van der Waals surface area contributed by atoms with Gasteiger partial charge < -0.3 is 5.32 Å². The lowest BCUT2D eigenvalue weighted by Crippen LogP contribution is -2.59. The summed E-state index contributed by atoms with van der Waals surface area (Å²) < 4.78 is 0. The second-order valence-electron chi connectivity index (χ2n) is 3.14. The Morgan fingerprint density at radius 2 is 2.46 bits per heavy atom. The molecule has 2 rings (SSSR count).